The first-order chi connectivity index (χ1) is 11.4. The summed E-state index contributed by atoms with van der Waals surface area (Å²) >= 11 is 0. The van der Waals surface area contributed by atoms with Crippen LogP contribution in [0.2, 0.25) is 0 Å². The van der Waals surface area contributed by atoms with Crippen molar-refractivity contribution < 1.29 is 24.2 Å². The van der Waals surface area contributed by atoms with Crippen LogP contribution in [-0.2, 0) is 9.59 Å². The summed E-state index contributed by atoms with van der Waals surface area (Å²) in [5.74, 6) is -1.87. The van der Waals surface area contributed by atoms with Gasteiger partial charge >= 0.3 is 5.97 Å². The molecule has 130 valence electrons. The second-order valence-electron chi connectivity index (χ2n) is 5.64. The molecule has 1 aromatic rings. The van der Waals surface area contributed by atoms with Gasteiger partial charge in [0.1, 0.15) is 0 Å². The first-order valence-corrected chi connectivity index (χ1v) is 7.56. The molecule has 1 atom stereocenters. The van der Waals surface area contributed by atoms with E-state index in [2.05, 4.69) is 10.2 Å². The summed E-state index contributed by atoms with van der Waals surface area (Å²) in [4.78, 5) is 38.3. The highest BCUT2D eigenvalue weighted by atomic mass is 16.5. The largest absolute Gasteiger partial charge is 0.481 e. The third-order valence-electron chi connectivity index (χ3n) is 3.91. The van der Waals surface area contributed by atoms with Crippen molar-refractivity contribution in [3.63, 3.8) is 0 Å². The molecule has 9 heteroatoms. The number of nitrogens with zero attached hydrogens (tertiary/aromatic N) is 4. The van der Waals surface area contributed by atoms with E-state index < -0.39 is 17.8 Å². The number of carbonyl (C=O) groups excluding carboxylic acids is 2. The molecule has 0 saturated carbocycles. The minimum Gasteiger partial charge on any atom is -0.481 e. The lowest BCUT2D eigenvalue weighted by Crippen LogP contribution is -2.47. The number of carbonyl (C=O) groups is 3. The first kappa shape index (κ1) is 17.6. The van der Waals surface area contributed by atoms with Gasteiger partial charge in [-0.2, -0.15) is 0 Å². The Balaban J connectivity index is 1.94. The minimum atomic E-state index is -0.898. The summed E-state index contributed by atoms with van der Waals surface area (Å²) in [5.41, 5.74) is 0.105. The van der Waals surface area contributed by atoms with Crippen LogP contribution >= 0.6 is 0 Å². The average Bonchev–Trinajstić information content (AvgIpc) is 2.61. The Labute approximate surface area is 139 Å². The summed E-state index contributed by atoms with van der Waals surface area (Å²) in [6, 6.07) is 2.98. The molecular weight excluding hydrogens is 316 g/mol. The Morgan fingerprint density at radius 3 is 2.71 bits per heavy atom. The standard InChI is InChI=1S/C15H20N4O5/c1-18(14(21)11-5-6-12(24-2)17-16-11)9-13(20)19-7-3-4-10(8-19)15(22)23/h5-6,10H,3-4,7-9H2,1-2H3,(H,22,23). The maximum Gasteiger partial charge on any atom is 0.308 e. The van der Waals surface area contributed by atoms with Crippen LogP contribution in [0.4, 0.5) is 0 Å². The second kappa shape index (κ2) is 7.71. The number of carboxylic acid groups (broad SMARTS) is 1. The van der Waals surface area contributed by atoms with Crippen LogP contribution in [0.15, 0.2) is 12.1 Å². The van der Waals surface area contributed by atoms with Crippen molar-refractivity contribution in [1.29, 1.82) is 0 Å². The number of hydrogen-bond acceptors (Lipinski definition) is 6. The van der Waals surface area contributed by atoms with Crippen LogP contribution in [0.25, 0.3) is 0 Å². The normalized spacial score (nSPS) is 17.2. The fourth-order valence-corrected chi connectivity index (χ4v) is 2.52. The predicted molar refractivity (Wildman–Crippen MR) is 82.5 cm³/mol. The number of ether oxygens (including phenoxy) is 1. The molecule has 1 fully saturated rings. The number of aliphatic carboxylic acids is 1. The highest BCUT2D eigenvalue weighted by Gasteiger charge is 2.29. The Bertz CT molecular complexity index is 619. The fourth-order valence-electron chi connectivity index (χ4n) is 2.52. The van der Waals surface area contributed by atoms with Gasteiger partial charge in [0.15, 0.2) is 5.69 Å². The summed E-state index contributed by atoms with van der Waals surface area (Å²) in [7, 11) is 2.93. The number of rotatable bonds is 5. The SMILES string of the molecule is COc1ccc(C(=O)N(C)CC(=O)N2CCCC(C(=O)O)C2)nn1. The minimum absolute atomic E-state index is 0.105. The summed E-state index contributed by atoms with van der Waals surface area (Å²) in [6.07, 6.45) is 1.21. The molecule has 24 heavy (non-hydrogen) atoms. The number of methoxy groups -OCH3 is 1. The number of aromatic nitrogens is 2. The lowest BCUT2D eigenvalue weighted by atomic mass is 9.98. The third kappa shape index (κ3) is 4.18. The van der Waals surface area contributed by atoms with Crippen LogP contribution in [0.5, 0.6) is 5.88 Å². The van der Waals surface area contributed by atoms with Crippen molar-refractivity contribution in [3.8, 4) is 5.88 Å². The van der Waals surface area contributed by atoms with Crippen LogP contribution in [0.1, 0.15) is 23.3 Å². The summed E-state index contributed by atoms with van der Waals surface area (Å²) < 4.78 is 4.88. The monoisotopic (exact) mass is 336 g/mol. The lowest BCUT2D eigenvalue weighted by Gasteiger charge is -2.31. The molecule has 0 aliphatic carbocycles. The Morgan fingerprint density at radius 1 is 1.38 bits per heavy atom. The van der Waals surface area contributed by atoms with E-state index in [1.165, 1.54) is 36.1 Å². The van der Waals surface area contributed by atoms with E-state index in [-0.39, 0.29) is 24.7 Å². The van der Waals surface area contributed by atoms with Gasteiger partial charge in [-0.1, -0.05) is 0 Å². The number of likely N-dealkylation sites (tertiary alicyclic amines) is 1. The van der Waals surface area contributed by atoms with Crippen LogP contribution < -0.4 is 4.74 Å². The van der Waals surface area contributed by atoms with Crippen LogP contribution in [0, 0.1) is 5.92 Å². The molecule has 1 aliphatic rings. The molecule has 1 N–H and O–H groups in total. The van der Waals surface area contributed by atoms with Gasteiger partial charge < -0.3 is 19.6 Å². The maximum absolute atomic E-state index is 12.3. The number of carboxylic acids is 1. The van der Waals surface area contributed by atoms with Crippen LogP contribution in [0.3, 0.4) is 0 Å². The predicted octanol–water partition coefficient (Wildman–Crippen LogP) is -0.120. The molecule has 2 rings (SSSR count). The van der Waals surface area contributed by atoms with Gasteiger partial charge in [0.25, 0.3) is 5.91 Å². The molecule has 0 spiro atoms. The van der Waals surface area contributed by atoms with Crippen molar-refractivity contribution in [2.75, 3.05) is 33.8 Å². The number of piperidine rings is 1. The first-order valence-electron chi connectivity index (χ1n) is 7.56. The molecule has 0 radical (unpaired) electrons. The van der Waals surface area contributed by atoms with Crippen molar-refractivity contribution in [2.45, 2.75) is 12.8 Å². The average molecular weight is 336 g/mol. The summed E-state index contributed by atoms with van der Waals surface area (Å²) in [6.45, 7) is 0.546. The molecule has 0 aromatic carbocycles. The molecular formula is C15H20N4O5. The molecule has 1 saturated heterocycles. The molecule has 2 amide bonds. The van der Waals surface area contributed by atoms with E-state index in [4.69, 9.17) is 9.84 Å². The quantitative estimate of drug-likeness (QED) is 0.797. The van der Waals surface area contributed by atoms with Gasteiger partial charge in [0.05, 0.1) is 19.6 Å². The van der Waals surface area contributed by atoms with Gasteiger partial charge in [0.2, 0.25) is 11.8 Å². The molecule has 0 bridgehead atoms. The van der Waals surface area contributed by atoms with E-state index >= 15 is 0 Å². The smallest absolute Gasteiger partial charge is 0.308 e. The van der Waals surface area contributed by atoms with Gasteiger partial charge in [-0.25, -0.2) is 0 Å². The highest BCUT2D eigenvalue weighted by molar-refractivity contribution is 5.94. The van der Waals surface area contributed by atoms with Crippen molar-refractivity contribution >= 4 is 17.8 Å². The Morgan fingerprint density at radius 2 is 2.12 bits per heavy atom. The zero-order valence-corrected chi connectivity index (χ0v) is 13.6. The lowest BCUT2D eigenvalue weighted by molar-refractivity contribution is -0.145. The van der Waals surface area contributed by atoms with Crippen LogP contribution in [-0.4, -0.2) is 76.7 Å². The van der Waals surface area contributed by atoms with E-state index in [0.717, 1.165) is 0 Å². The number of likely N-dealkylation sites (N-methyl/N-ethyl adjacent to an activating group) is 1. The van der Waals surface area contributed by atoms with Gasteiger partial charge in [0, 0.05) is 26.2 Å². The van der Waals surface area contributed by atoms with E-state index in [9.17, 15) is 14.4 Å². The van der Waals surface area contributed by atoms with Gasteiger partial charge in [-0.05, 0) is 18.9 Å². The Hall–Kier alpha value is -2.71. The van der Waals surface area contributed by atoms with Gasteiger partial charge in [-0.15, -0.1) is 10.2 Å². The third-order valence-corrected chi connectivity index (χ3v) is 3.91. The van der Waals surface area contributed by atoms with E-state index in [1.54, 1.807) is 0 Å². The molecule has 1 unspecified atom stereocenters. The van der Waals surface area contributed by atoms with E-state index in [1.807, 2.05) is 0 Å². The highest BCUT2D eigenvalue weighted by Crippen LogP contribution is 2.17. The zero-order valence-electron chi connectivity index (χ0n) is 13.6. The zero-order chi connectivity index (χ0) is 17.7. The van der Waals surface area contributed by atoms with Gasteiger partial charge in [-0.3, -0.25) is 14.4 Å². The van der Waals surface area contributed by atoms with Crippen molar-refractivity contribution in [1.82, 2.24) is 20.0 Å². The molecule has 9 nitrogen and oxygen atoms in total. The molecule has 2 heterocycles. The van der Waals surface area contributed by atoms with Crippen molar-refractivity contribution in [2.24, 2.45) is 5.92 Å². The topological polar surface area (TPSA) is 113 Å². The number of hydrogen-bond donors (Lipinski definition) is 1. The maximum atomic E-state index is 12.3. The fraction of sp³-hybridized carbons (Fsp3) is 0.533. The number of amides is 2. The van der Waals surface area contributed by atoms with E-state index in [0.29, 0.717) is 25.3 Å². The molecule has 1 aromatic heterocycles. The molecule has 1 aliphatic heterocycles. The Kier molecular flexibility index (Phi) is 5.67. The summed E-state index contributed by atoms with van der Waals surface area (Å²) in [5, 5.41) is 16.5. The van der Waals surface area contributed by atoms with Crippen molar-refractivity contribution in [3.05, 3.63) is 17.8 Å². The second-order valence-corrected chi connectivity index (χ2v) is 5.64.